The van der Waals surface area contributed by atoms with Crippen molar-refractivity contribution in [3.05, 3.63) is 23.2 Å². The summed E-state index contributed by atoms with van der Waals surface area (Å²) in [5.41, 5.74) is 0.918. The number of carboxylic acid groups (broad SMARTS) is 1. The first-order valence-electron chi connectivity index (χ1n) is 7.06. The van der Waals surface area contributed by atoms with E-state index in [1.165, 1.54) is 0 Å². The molecule has 1 aromatic rings. The van der Waals surface area contributed by atoms with E-state index in [2.05, 4.69) is 10.6 Å². The highest BCUT2D eigenvalue weighted by Crippen LogP contribution is 2.21. The molecule has 1 aromatic heterocycles. The minimum absolute atomic E-state index is 0.0426. The monoisotopic (exact) mass is 296 g/mol. The van der Waals surface area contributed by atoms with Crippen molar-refractivity contribution in [2.45, 2.75) is 40.7 Å². The third kappa shape index (κ3) is 4.81. The zero-order valence-electron chi connectivity index (χ0n) is 13.2. The highest BCUT2D eigenvalue weighted by atomic mass is 16.4. The van der Waals surface area contributed by atoms with Gasteiger partial charge in [-0.25, -0.2) is 4.79 Å². The Morgan fingerprint density at radius 3 is 2.33 bits per heavy atom. The Morgan fingerprint density at radius 1 is 1.29 bits per heavy atom. The number of carbonyl (C=O) groups excluding carboxylic acids is 1. The molecule has 0 aliphatic rings. The molecular formula is C15H24N2O4. The molecule has 0 spiro atoms. The van der Waals surface area contributed by atoms with Gasteiger partial charge in [-0.3, -0.25) is 4.79 Å². The van der Waals surface area contributed by atoms with Crippen molar-refractivity contribution < 1.29 is 19.1 Å². The molecule has 0 aromatic carbocycles. The molecule has 2 atom stereocenters. The predicted octanol–water partition coefficient (Wildman–Crippen LogP) is 2.61. The number of nitrogens with one attached hydrogen (secondary N) is 2. The van der Waals surface area contributed by atoms with Crippen molar-refractivity contribution >= 4 is 12.0 Å². The molecule has 0 fully saturated rings. The van der Waals surface area contributed by atoms with Gasteiger partial charge in [0, 0.05) is 12.1 Å². The summed E-state index contributed by atoms with van der Waals surface area (Å²) in [4.78, 5) is 22.9. The maximum Gasteiger partial charge on any atom is 0.315 e. The largest absolute Gasteiger partial charge is 0.481 e. The van der Waals surface area contributed by atoms with Gasteiger partial charge in [-0.2, -0.15) is 0 Å². The molecule has 6 nitrogen and oxygen atoms in total. The second-order valence-corrected chi connectivity index (χ2v) is 5.63. The van der Waals surface area contributed by atoms with Crippen molar-refractivity contribution in [3.8, 4) is 0 Å². The van der Waals surface area contributed by atoms with Crippen LogP contribution in [0.25, 0.3) is 0 Å². The minimum atomic E-state index is -0.903. The third-order valence-electron chi connectivity index (χ3n) is 3.50. The number of aryl methyl sites for hydroxylation is 2. The van der Waals surface area contributed by atoms with Crippen LogP contribution in [0.5, 0.6) is 0 Å². The minimum Gasteiger partial charge on any atom is -0.481 e. The van der Waals surface area contributed by atoms with Crippen LogP contribution < -0.4 is 10.6 Å². The van der Waals surface area contributed by atoms with Crippen LogP contribution in [0.3, 0.4) is 0 Å². The van der Waals surface area contributed by atoms with Crippen LogP contribution in [0.2, 0.25) is 0 Å². The average molecular weight is 296 g/mol. The highest BCUT2D eigenvalue weighted by molar-refractivity contribution is 5.76. The third-order valence-corrected chi connectivity index (χ3v) is 3.50. The molecule has 0 bridgehead atoms. The van der Waals surface area contributed by atoms with Gasteiger partial charge < -0.3 is 20.2 Å². The molecule has 0 saturated carbocycles. The number of aliphatic carboxylic acids is 1. The maximum absolute atomic E-state index is 11.8. The van der Waals surface area contributed by atoms with E-state index in [0.29, 0.717) is 0 Å². The Hall–Kier alpha value is -1.98. The number of carboxylic acids is 1. The molecule has 2 unspecified atom stereocenters. The van der Waals surface area contributed by atoms with Crippen LogP contribution in [0.4, 0.5) is 4.79 Å². The molecule has 0 aliphatic carbocycles. The van der Waals surface area contributed by atoms with Gasteiger partial charge >= 0.3 is 12.0 Å². The standard InChI is InChI=1S/C15H24N2O4/c1-8(2)13(14(18)19)7-16-15(20)17-10(4)12-6-9(3)21-11(12)5/h6,8,10,13H,7H2,1-5H3,(H,18,19)(H2,16,17,20). The van der Waals surface area contributed by atoms with Gasteiger partial charge in [-0.15, -0.1) is 0 Å². The molecule has 3 N–H and O–H groups in total. The molecular weight excluding hydrogens is 272 g/mol. The number of furan rings is 1. The summed E-state index contributed by atoms with van der Waals surface area (Å²) < 4.78 is 5.43. The SMILES string of the molecule is Cc1cc(C(C)NC(=O)NCC(C(=O)O)C(C)C)c(C)o1. The molecule has 21 heavy (non-hydrogen) atoms. The van der Waals surface area contributed by atoms with E-state index in [9.17, 15) is 9.59 Å². The van der Waals surface area contributed by atoms with Crippen molar-refractivity contribution in [2.24, 2.45) is 11.8 Å². The van der Waals surface area contributed by atoms with Crippen LogP contribution >= 0.6 is 0 Å². The first-order valence-corrected chi connectivity index (χ1v) is 7.06. The van der Waals surface area contributed by atoms with Gasteiger partial charge in [-0.1, -0.05) is 13.8 Å². The van der Waals surface area contributed by atoms with E-state index in [4.69, 9.17) is 9.52 Å². The van der Waals surface area contributed by atoms with E-state index in [1.54, 1.807) is 0 Å². The van der Waals surface area contributed by atoms with Crippen molar-refractivity contribution in [2.75, 3.05) is 6.54 Å². The zero-order chi connectivity index (χ0) is 16.2. The smallest absolute Gasteiger partial charge is 0.315 e. The van der Waals surface area contributed by atoms with E-state index in [-0.39, 0.29) is 24.5 Å². The lowest BCUT2D eigenvalue weighted by Crippen LogP contribution is -2.42. The zero-order valence-corrected chi connectivity index (χ0v) is 13.2. The lowest BCUT2D eigenvalue weighted by Gasteiger charge is -2.18. The summed E-state index contributed by atoms with van der Waals surface area (Å²) in [5.74, 6) is 0.0239. The molecule has 0 aliphatic heterocycles. The summed E-state index contributed by atoms with van der Waals surface area (Å²) >= 11 is 0. The van der Waals surface area contributed by atoms with Gasteiger partial charge in [0.25, 0.3) is 0 Å². The van der Waals surface area contributed by atoms with Gasteiger partial charge in [-0.05, 0) is 32.8 Å². The number of rotatable bonds is 6. The normalized spacial score (nSPS) is 13.8. The lowest BCUT2D eigenvalue weighted by molar-refractivity contribution is -0.142. The molecule has 0 radical (unpaired) electrons. The quantitative estimate of drug-likeness (QED) is 0.752. The molecule has 1 heterocycles. The molecule has 2 amide bonds. The lowest BCUT2D eigenvalue weighted by atomic mass is 9.96. The summed E-state index contributed by atoms with van der Waals surface area (Å²) in [5, 5.41) is 14.5. The fraction of sp³-hybridized carbons (Fsp3) is 0.600. The number of urea groups is 1. The Bertz CT molecular complexity index is 508. The van der Waals surface area contributed by atoms with E-state index in [0.717, 1.165) is 17.1 Å². The Labute approximate surface area is 124 Å². The van der Waals surface area contributed by atoms with Crippen molar-refractivity contribution in [1.29, 1.82) is 0 Å². The fourth-order valence-electron chi connectivity index (χ4n) is 2.22. The molecule has 1 rings (SSSR count). The highest BCUT2D eigenvalue weighted by Gasteiger charge is 2.22. The van der Waals surface area contributed by atoms with E-state index >= 15 is 0 Å². The van der Waals surface area contributed by atoms with Crippen molar-refractivity contribution in [3.63, 3.8) is 0 Å². The van der Waals surface area contributed by atoms with Crippen LogP contribution in [-0.4, -0.2) is 23.7 Å². The second-order valence-electron chi connectivity index (χ2n) is 5.63. The molecule has 118 valence electrons. The number of hydrogen-bond donors (Lipinski definition) is 3. The Balaban J connectivity index is 2.54. The van der Waals surface area contributed by atoms with Gasteiger partial charge in [0.2, 0.25) is 0 Å². The van der Waals surface area contributed by atoms with Crippen LogP contribution in [-0.2, 0) is 4.79 Å². The fourth-order valence-corrected chi connectivity index (χ4v) is 2.22. The van der Waals surface area contributed by atoms with Crippen molar-refractivity contribution in [1.82, 2.24) is 10.6 Å². The summed E-state index contributed by atoms with van der Waals surface area (Å²) in [7, 11) is 0. The molecule has 6 heteroatoms. The van der Waals surface area contributed by atoms with Crippen LogP contribution in [0.1, 0.15) is 43.9 Å². The van der Waals surface area contributed by atoms with Crippen LogP contribution in [0.15, 0.2) is 10.5 Å². The molecule has 0 saturated heterocycles. The topological polar surface area (TPSA) is 91.6 Å². The van der Waals surface area contributed by atoms with Gasteiger partial charge in [0.15, 0.2) is 0 Å². The number of carbonyl (C=O) groups is 2. The average Bonchev–Trinajstić information content (AvgIpc) is 2.67. The van der Waals surface area contributed by atoms with E-state index in [1.807, 2.05) is 40.7 Å². The van der Waals surface area contributed by atoms with Crippen LogP contribution in [0, 0.1) is 25.7 Å². The van der Waals surface area contributed by atoms with E-state index < -0.39 is 11.9 Å². The Kier molecular flexibility index (Phi) is 5.81. The summed E-state index contributed by atoms with van der Waals surface area (Å²) in [6.07, 6.45) is 0. The summed E-state index contributed by atoms with van der Waals surface area (Å²) in [6, 6.07) is 1.30. The van der Waals surface area contributed by atoms with Gasteiger partial charge in [0.05, 0.1) is 12.0 Å². The van der Waals surface area contributed by atoms with Gasteiger partial charge in [0.1, 0.15) is 11.5 Å². The number of amides is 2. The first-order chi connectivity index (χ1) is 9.72. The second kappa shape index (κ2) is 7.15. The predicted molar refractivity (Wildman–Crippen MR) is 79.1 cm³/mol. The number of hydrogen-bond acceptors (Lipinski definition) is 3. The Morgan fingerprint density at radius 2 is 1.90 bits per heavy atom. The summed E-state index contributed by atoms with van der Waals surface area (Å²) in [6.45, 7) is 9.29. The maximum atomic E-state index is 11.8. The first kappa shape index (κ1) is 17.1.